The predicted octanol–water partition coefficient (Wildman–Crippen LogP) is 18.6. The Morgan fingerprint density at radius 3 is 1.26 bits per heavy atom. The molecule has 0 atom stereocenters. The van der Waals surface area contributed by atoms with E-state index in [1.54, 1.807) is 0 Å². The molecule has 0 saturated heterocycles. The lowest BCUT2D eigenvalue weighted by atomic mass is 9.66. The lowest BCUT2D eigenvalue weighted by Gasteiger charge is -2.36. The van der Waals surface area contributed by atoms with Crippen molar-refractivity contribution in [1.82, 2.24) is 0 Å². The first-order valence-electron chi connectivity index (χ1n) is 25.3. The van der Waals surface area contributed by atoms with E-state index in [1.807, 2.05) is 0 Å². The Labute approximate surface area is 421 Å². The number of para-hydroxylation sites is 2. The molecule has 0 bridgehead atoms. The fourth-order valence-electron chi connectivity index (χ4n) is 13.4. The molecule has 0 saturated carbocycles. The monoisotopic (exact) mass is 916 g/mol. The highest BCUT2D eigenvalue weighted by molar-refractivity contribution is 6.04. The fourth-order valence-corrected chi connectivity index (χ4v) is 13.4. The second-order valence-corrected chi connectivity index (χ2v) is 20.3. The molecule has 3 aliphatic carbocycles. The van der Waals surface area contributed by atoms with Gasteiger partial charge in [-0.3, -0.25) is 0 Å². The number of rotatable bonds is 4. The van der Waals surface area contributed by atoms with Crippen LogP contribution in [-0.4, -0.2) is 0 Å². The first kappa shape index (κ1) is 40.9. The van der Waals surface area contributed by atoms with Gasteiger partial charge in [-0.25, -0.2) is 0 Å². The fraction of sp³-hybridized carbons (Fsp3) is 0.0571. The maximum Gasteiger partial charge on any atom is 0.0725 e. The lowest BCUT2D eigenvalue weighted by Crippen LogP contribution is -2.29. The largest absolute Gasteiger partial charge is 0.310 e. The summed E-state index contributed by atoms with van der Waals surface area (Å²) in [5.74, 6) is 0. The van der Waals surface area contributed by atoms with E-state index in [2.05, 4.69) is 278 Å². The van der Waals surface area contributed by atoms with Crippen LogP contribution in [-0.2, 0) is 10.8 Å². The standard InChI is InChI=1S/C70H48N2/c1-69(2)61-31-15-10-27-54(61)57-39-36-48(44-66(57)69)71(47-38-41-68-60(43-47)52-25-9-7-23-50(52)58-30-14-19-35-67(58)72(68)45-20-4-3-5-21-45)46-37-40-65-59(42-46)51-24-8-6-22-49(51)53-26-11-16-32-62(53)70(65)63-33-17-12-28-55(63)56-29-13-18-34-64(56)70/h3-44H,1-2H3. The van der Waals surface area contributed by atoms with E-state index < -0.39 is 5.41 Å². The molecule has 0 unspecified atom stereocenters. The molecular weight excluding hydrogens is 869 g/mol. The molecule has 72 heavy (non-hydrogen) atoms. The van der Waals surface area contributed by atoms with Gasteiger partial charge >= 0.3 is 0 Å². The average Bonchev–Trinajstić information content (AvgIpc) is 3.77. The third-order valence-electron chi connectivity index (χ3n) is 16.4. The summed E-state index contributed by atoms with van der Waals surface area (Å²) >= 11 is 0. The molecule has 0 aromatic heterocycles. The molecule has 1 heterocycles. The third kappa shape index (κ3) is 5.55. The summed E-state index contributed by atoms with van der Waals surface area (Å²) in [4.78, 5) is 4.97. The molecule has 0 amide bonds. The molecule has 338 valence electrons. The summed E-state index contributed by atoms with van der Waals surface area (Å²) in [6.07, 6.45) is 0. The zero-order valence-corrected chi connectivity index (χ0v) is 40.1. The van der Waals surface area contributed by atoms with Crippen molar-refractivity contribution in [3.8, 4) is 66.8 Å². The van der Waals surface area contributed by atoms with Gasteiger partial charge in [0.15, 0.2) is 0 Å². The van der Waals surface area contributed by atoms with E-state index in [1.165, 1.54) is 100 Å². The Hall–Kier alpha value is -8.98. The van der Waals surface area contributed by atoms with E-state index in [9.17, 15) is 0 Å². The van der Waals surface area contributed by atoms with Gasteiger partial charge in [0.1, 0.15) is 0 Å². The van der Waals surface area contributed by atoms with Crippen molar-refractivity contribution in [2.24, 2.45) is 0 Å². The second kappa shape index (κ2) is 15.3. The molecule has 11 aromatic rings. The van der Waals surface area contributed by atoms with Crippen LogP contribution in [0.4, 0.5) is 34.1 Å². The van der Waals surface area contributed by atoms with Gasteiger partial charge in [-0.1, -0.05) is 208 Å². The highest BCUT2D eigenvalue weighted by Gasteiger charge is 2.50. The van der Waals surface area contributed by atoms with Gasteiger partial charge in [0.2, 0.25) is 0 Å². The summed E-state index contributed by atoms with van der Waals surface area (Å²) in [5.41, 5.74) is 29.0. The summed E-state index contributed by atoms with van der Waals surface area (Å²) in [5, 5.41) is 0. The Balaban J connectivity index is 1.02. The molecule has 1 aliphatic heterocycles. The number of hydrogen-bond acceptors (Lipinski definition) is 2. The Morgan fingerprint density at radius 2 is 0.639 bits per heavy atom. The SMILES string of the molecule is CC1(C)c2ccccc2-c2ccc(N(c3ccc4c(c3)-c3ccccc3-c3ccccc3N4c3ccccc3)c3ccc4c(c3)-c3ccccc3-c3ccccc3C43c4ccccc4-c4ccccc43)cc21. The van der Waals surface area contributed by atoms with Gasteiger partial charge in [-0.05, 0) is 150 Å². The van der Waals surface area contributed by atoms with Crippen molar-refractivity contribution < 1.29 is 0 Å². The topological polar surface area (TPSA) is 6.48 Å². The van der Waals surface area contributed by atoms with E-state index in [4.69, 9.17) is 0 Å². The Kier molecular flexibility index (Phi) is 8.66. The van der Waals surface area contributed by atoms with Crippen LogP contribution < -0.4 is 9.80 Å². The molecule has 15 rings (SSSR count). The Bertz CT molecular complexity index is 4000. The summed E-state index contributed by atoms with van der Waals surface area (Å²) in [6, 6.07) is 95.8. The molecule has 2 heteroatoms. The predicted molar refractivity (Wildman–Crippen MR) is 300 cm³/mol. The molecule has 2 nitrogen and oxygen atoms in total. The van der Waals surface area contributed by atoms with E-state index in [0.29, 0.717) is 0 Å². The maximum absolute atomic E-state index is 2.53. The van der Waals surface area contributed by atoms with Crippen molar-refractivity contribution in [3.63, 3.8) is 0 Å². The molecule has 0 radical (unpaired) electrons. The van der Waals surface area contributed by atoms with E-state index >= 15 is 0 Å². The lowest BCUT2D eigenvalue weighted by molar-refractivity contribution is 0.660. The molecule has 1 spiro atoms. The van der Waals surface area contributed by atoms with Gasteiger partial charge in [0.25, 0.3) is 0 Å². The second-order valence-electron chi connectivity index (χ2n) is 20.3. The van der Waals surface area contributed by atoms with Gasteiger partial charge in [-0.15, -0.1) is 0 Å². The molecule has 0 fully saturated rings. The van der Waals surface area contributed by atoms with Crippen molar-refractivity contribution in [2.45, 2.75) is 24.7 Å². The zero-order chi connectivity index (χ0) is 47.7. The van der Waals surface area contributed by atoms with Gasteiger partial charge in [0.05, 0.1) is 16.8 Å². The molecule has 0 N–H and O–H groups in total. The van der Waals surface area contributed by atoms with Crippen LogP contribution in [0.5, 0.6) is 0 Å². The average molecular weight is 917 g/mol. The van der Waals surface area contributed by atoms with Gasteiger partial charge in [0, 0.05) is 39.3 Å². The number of nitrogens with zero attached hydrogens (tertiary/aromatic N) is 2. The minimum atomic E-state index is -0.561. The number of benzene rings is 11. The van der Waals surface area contributed by atoms with E-state index in [0.717, 1.165) is 34.1 Å². The van der Waals surface area contributed by atoms with Crippen molar-refractivity contribution >= 4 is 34.1 Å². The highest BCUT2D eigenvalue weighted by Crippen LogP contribution is 2.62. The number of anilines is 6. The first-order chi connectivity index (χ1) is 35.5. The Morgan fingerprint density at radius 1 is 0.264 bits per heavy atom. The van der Waals surface area contributed by atoms with Crippen LogP contribution in [0, 0.1) is 0 Å². The van der Waals surface area contributed by atoms with Crippen LogP contribution in [0.1, 0.15) is 47.2 Å². The summed E-state index contributed by atoms with van der Waals surface area (Å²) < 4.78 is 0. The highest BCUT2D eigenvalue weighted by atomic mass is 15.2. The zero-order valence-electron chi connectivity index (χ0n) is 40.1. The van der Waals surface area contributed by atoms with Crippen molar-refractivity contribution in [1.29, 1.82) is 0 Å². The van der Waals surface area contributed by atoms with Crippen LogP contribution in [0.25, 0.3) is 66.8 Å². The van der Waals surface area contributed by atoms with Crippen LogP contribution in [0.2, 0.25) is 0 Å². The summed E-state index contributed by atoms with van der Waals surface area (Å²) in [7, 11) is 0. The van der Waals surface area contributed by atoms with Crippen LogP contribution in [0.15, 0.2) is 255 Å². The normalized spacial score (nSPS) is 14.2. The van der Waals surface area contributed by atoms with Crippen LogP contribution >= 0.6 is 0 Å². The van der Waals surface area contributed by atoms with Crippen molar-refractivity contribution in [2.75, 3.05) is 9.80 Å². The van der Waals surface area contributed by atoms with Gasteiger partial charge in [-0.2, -0.15) is 0 Å². The van der Waals surface area contributed by atoms with E-state index in [-0.39, 0.29) is 5.41 Å². The quantitative estimate of drug-likeness (QED) is 0.174. The van der Waals surface area contributed by atoms with Gasteiger partial charge < -0.3 is 9.80 Å². The van der Waals surface area contributed by atoms with Crippen LogP contribution in [0.3, 0.4) is 0 Å². The third-order valence-corrected chi connectivity index (χ3v) is 16.4. The maximum atomic E-state index is 2.53. The molecule has 11 aromatic carbocycles. The molecule has 4 aliphatic rings. The smallest absolute Gasteiger partial charge is 0.0725 e. The van der Waals surface area contributed by atoms with Crippen molar-refractivity contribution in [3.05, 3.63) is 288 Å². The summed E-state index contributed by atoms with van der Waals surface area (Å²) in [6.45, 7) is 4.77. The first-order valence-corrected chi connectivity index (χ1v) is 25.3. The minimum absolute atomic E-state index is 0.184. The number of fused-ring (bicyclic) bond motifs is 20. The minimum Gasteiger partial charge on any atom is -0.310 e. The molecular formula is C70H48N2. The number of hydrogen-bond donors (Lipinski definition) is 0.